The lowest BCUT2D eigenvalue weighted by atomic mass is 9.90. The summed E-state index contributed by atoms with van der Waals surface area (Å²) in [4.78, 5) is 12.1. The Bertz CT molecular complexity index is 474. The minimum Gasteiger partial charge on any atom is -0.461 e. The van der Waals surface area contributed by atoms with Crippen LogP contribution in [0.4, 0.5) is 0 Å². The van der Waals surface area contributed by atoms with Gasteiger partial charge in [-0.2, -0.15) is 0 Å². The SMILES string of the molecule is Cl.N[C@H]1[C@@H](C(=O)OCc2ccccc2)[C@@H]2C=C[C@H]1C2. The first kappa shape index (κ1) is 14.1. The highest BCUT2D eigenvalue weighted by Crippen LogP contribution is 2.43. The standard InChI is InChI=1S/C15H17NO2.ClH/c16-14-12-7-6-11(8-12)13(14)15(17)18-9-10-4-2-1-3-5-10;/h1-7,11-14H,8-9,16H2;1H/t11-,12+,13+,14-;/m1./s1. The van der Waals surface area contributed by atoms with Gasteiger partial charge in [0.25, 0.3) is 0 Å². The van der Waals surface area contributed by atoms with Crippen LogP contribution in [-0.2, 0) is 16.1 Å². The van der Waals surface area contributed by atoms with E-state index in [1.165, 1.54) is 0 Å². The van der Waals surface area contributed by atoms with Gasteiger partial charge in [-0.3, -0.25) is 4.79 Å². The van der Waals surface area contributed by atoms with Crippen LogP contribution in [0.2, 0.25) is 0 Å². The summed E-state index contributed by atoms with van der Waals surface area (Å²) in [5.74, 6) is 0.351. The van der Waals surface area contributed by atoms with Gasteiger partial charge in [0.15, 0.2) is 0 Å². The number of nitrogens with two attached hydrogens (primary N) is 1. The fourth-order valence-corrected chi connectivity index (χ4v) is 3.02. The first-order chi connectivity index (χ1) is 8.75. The number of ether oxygens (including phenoxy) is 1. The molecule has 0 radical (unpaired) electrons. The van der Waals surface area contributed by atoms with Crippen LogP contribution >= 0.6 is 12.4 Å². The first-order valence-corrected chi connectivity index (χ1v) is 6.40. The topological polar surface area (TPSA) is 52.3 Å². The molecule has 4 atom stereocenters. The molecule has 4 heteroatoms. The Hall–Kier alpha value is -1.32. The lowest BCUT2D eigenvalue weighted by Gasteiger charge is -2.22. The molecule has 3 nitrogen and oxygen atoms in total. The minimum atomic E-state index is -0.150. The van der Waals surface area contributed by atoms with Crippen molar-refractivity contribution < 1.29 is 9.53 Å². The number of hydrogen-bond acceptors (Lipinski definition) is 3. The molecule has 3 rings (SSSR count). The van der Waals surface area contributed by atoms with Crippen LogP contribution in [0.1, 0.15) is 12.0 Å². The number of benzene rings is 1. The molecule has 2 bridgehead atoms. The number of fused-ring (bicyclic) bond motifs is 2. The second-order valence-electron chi connectivity index (χ2n) is 5.14. The molecule has 1 aromatic carbocycles. The summed E-state index contributed by atoms with van der Waals surface area (Å²) in [5, 5.41) is 0. The Balaban J connectivity index is 0.00000133. The number of carbonyl (C=O) groups excluding carboxylic acids is 1. The average Bonchev–Trinajstić information content (AvgIpc) is 2.98. The number of carbonyl (C=O) groups is 1. The Morgan fingerprint density at radius 3 is 2.53 bits per heavy atom. The maximum absolute atomic E-state index is 12.1. The lowest BCUT2D eigenvalue weighted by Crippen LogP contribution is -2.39. The largest absolute Gasteiger partial charge is 0.461 e. The van der Waals surface area contributed by atoms with E-state index in [0.717, 1.165) is 12.0 Å². The van der Waals surface area contributed by atoms with Crippen LogP contribution < -0.4 is 5.73 Å². The van der Waals surface area contributed by atoms with Crippen molar-refractivity contribution in [3.63, 3.8) is 0 Å². The van der Waals surface area contributed by atoms with Crippen molar-refractivity contribution >= 4 is 18.4 Å². The Labute approximate surface area is 119 Å². The van der Waals surface area contributed by atoms with Crippen molar-refractivity contribution in [3.05, 3.63) is 48.0 Å². The molecule has 19 heavy (non-hydrogen) atoms. The third-order valence-electron chi connectivity index (χ3n) is 4.02. The van der Waals surface area contributed by atoms with Gasteiger partial charge in [-0.05, 0) is 23.8 Å². The second kappa shape index (κ2) is 5.76. The molecule has 0 aliphatic heterocycles. The van der Waals surface area contributed by atoms with Crippen molar-refractivity contribution in [1.82, 2.24) is 0 Å². The summed E-state index contributed by atoms with van der Waals surface area (Å²) in [6.07, 6.45) is 5.26. The van der Waals surface area contributed by atoms with E-state index in [0.29, 0.717) is 12.5 Å². The number of halogens is 1. The van der Waals surface area contributed by atoms with Gasteiger partial charge in [0.05, 0.1) is 5.92 Å². The highest BCUT2D eigenvalue weighted by molar-refractivity contribution is 5.85. The zero-order valence-corrected chi connectivity index (χ0v) is 11.4. The third kappa shape index (κ3) is 2.67. The molecule has 2 N–H and O–H groups in total. The molecular weight excluding hydrogens is 262 g/mol. The predicted molar refractivity (Wildman–Crippen MR) is 75.7 cm³/mol. The highest BCUT2D eigenvalue weighted by Gasteiger charge is 2.47. The van der Waals surface area contributed by atoms with E-state index in [-0.39, 0.29) is 36.3 Å². The molecule has 2 aliphatic carbocycles. The fourth-order valence-electron chi connectivity index (χ4n) is 3.02. The third-order valence-corrected chi connectivity index (χ3v) is 4.02. The quantitative estimate of drug-likeness (QED) is 0.682. The van der Waals surface area contributed by atoms with Crippen molar-refractivity contribution in [2.24, 2.45) is 23.5 Å². The van der Waals surface area contributed by atoms with Gasteiger partial charge in [0.2, 0.25) is 0 Å². The van der Waals surface area contributed by atoms with Gasteiger partial charge in [-0.15, -0.1) is 12.4 Å². The normalized spacial score (nSPS) is 31.0. The molecule has 2 aliphatic rings. The molecule has 0 unspecified atom stereocenters. The smallest absolute Gasteiger partial charge is 0.311 e. The lowest BCUT2D eigenvalue weighted by molar-refractivity contribution is -0.151. The van der Waals surface area contributed by atoms with E-state index in [4.69, 9.17) is 10.5 Å². The van der Waals surface area contributed by atoms with Crippen LogP contribution in [0, 0.1) is 17.8 Å². The number of hydrogen-bond donors (Lipinski definition) is 1. The minimum absolute atomic E-state index is 0. The zero-order valence-electron chi connectivity index (χ0n) is 10.6. The molecule has 0 spiro atoms. The Kier molecular flexibility index (Phi) is 4.27. The van der Waals surface area contributed by atoms with Crippen LogP contribution in [0.3, 0.4) is 0 Å². The summed E-state index contributed by atoms with van der Waals surface area (Å²) >= 11 is 0. The monoisotopic (exact) mass is 279 g/mol. The van der Waals surface area contributed by atoms with E-state index in [1.54, 1.807) is 0 Å². The molecule has 0 heterocycles. The maximum Gasteiger partial charge on any atom is 0.311 e. The first-order valence-electron chi connectivity index (χ1n) is 6.40. The molecule has 1 fully saturated rings. The fraction of sp³-hybridized carbons (Fsp3) is 0.400. The second-order valence-corrected chi connectivity index (χ2v) is 5.14. The van der Waals surface area contributed by atoms with E-state index in [9.17, 15) is 4.79 Å². The van der Waals surface area contributed by atoms with Crippen LogP contribution in [0.5, 0.6) is 0 Å². The van der Waals surface area contributed by atoms with Gasteiger partial charge < -0.3 is 10.5 Å². The molecule has 0 saturated heterocycles. The maximum atomic E-state index is 12.1. The van der Waals surface area contributed by atoms with E-state index < -0.39 is 0 Å². The van der Waals surface area contributed by atoms with Crippen molar-refractivity contribution in [2.75, 3.05) is 0 Å². The number of allylic oxidation sites excluding steroid dienone is 1. The van der Waals surface area contributed by atoms with Gasteiger partial charge in [0, 0.05) is 6.04 Å². The van der Waals surface area contributed by atoms with Gasteiger partial charge in [-0.1, -0.05) is 42.5 Å². The molecular formula is C15H18ClNO2. The molecule has 1 saturated carbocycles. The van der Waals surface area contributed by atoms with E-state index in [2.05, 4.69) is 12.2 Å². The summed E-state index contributed by atoms with van der Waals surface area (Å²) in [6.45, 7) is 0.337. The van der Waals surface area contributed by atoms with E-state index >= 15 is 0 Å². The van der Waals surface area contributed by atoms with Crippen LogP contribution in [0.25, 0.3) is 0 Å². The summed E-state index contributed by atoms with van der Waals surface area (Å²) in [6, 6.07) is 9.66. The van der Waals surface area contributed by atoms with Crippen LogP contribution in [0.15, 0.2) is 42.5 Å². The Morgan fingerprint density at radius 1 is 1.21 bits per heavy atom. The van der Waals surface area contributed by atoms with Crippen molar-refractivity contribution in [2.45, 2.75) is 19.1 Å². The summed E-state index contributed by atoms with van der Waals surface area (Å²) in [5.41, 5.74) is 7.09. The number of rotatable bonds is 3. The van der Waals surface area contributed by atoms with Crippen molar-refractivity contribution in [3.8, 4) is 0 Å². The number of esters is 1. The molecule has 102 valence electrons. The average molecular weight is 280 g/mol. The molecule has 0 aromatic heterocycles. The van der Waals surface area contributed by atoms with Gasteiger partial charge >= 0.3 is 5.97 Å². The Morgan fingerprint density at radius 2 is 1.89 bits per heavy atom. The van der Waals surface area contributed by atoms with Gasteiger partial charge in [0.1, 0.15) is 6.61 Å². The summed E-state index contributed by atoms with van der Waals surface area (Å²) in [7, 11) is 0. The van der Waals surface area contributed by atoms with Crippen LogP contribution in [-0.4, -0.2) is 12.0 Å². The van der Waals surface area contributed by atoms with Crippen molar-refractivity contribution in [1.29, 1.82) is 0 Å². The highest BCUT2D eigenvalue weighted by atomic mass is 35.5. The predicted octanol–water partition coefficient (Wildman–Crippen LogP) is 2.30. The van der Waals surface area contributed by atoms with Gasteiger partial charge in [-0.25, -0.2) is 0 Å². The molecule has 1 aromatic rings. The summed E-state index contributed by atoms with van der Waals surface area (Å²) < 4.78 is 5.38. The van der Waals surface area contributed by atoms with E-state index in [1.807, 2.05) is 30.3 Å². The molecule has 0 amide bonds. The zero-order chi connectivity index (χ0) is 12.5.